The summed E-state index contributed by atoms with van der Waals surface area (Å²) in [5.41, 5.74) is 2.50. The first-order chi connectivity index (χ1) is 17.5. The topological polar surface area (TPSA) is 109 Å². The number of amides is 1. The minimum atomic E-state index is -3.16. The molecule has 1 atom stereocenters. The first-order valence-electron chi connectivity index (χ1n) is 12.0. The van der Waals surface area contributed by atoms with Crippen molar-refractivity contribution in [1.29, 1.82) is 0 Å². The van der Waals surface area contributed by atoms with Crippen LogP contribution < -0.4 is 19.5 Å². The number of anilines is 1. The van der Waals surface area contributed by atoms with E-state index in [-0.39, 0.29) is 35.5 Å². The van der Waals surface area contributed by atoms with Crippen LogP contribution in [0.15, 0.2) is 48.5 Å². The highest BCUT2D eigenvalue weighted by Gasteiger charge is 2.32. The number of carbonyl (C=O) groups excluding carboxylic acids is 1. The van der Waals surface area contributed by atoms with Crippen molar-refractivity contribution in [3.05, 3.63) is 54.1 Å². The molecule has 0 radical (unpaired) electrons. The highest BCUT2D eigenvalue weighted by molar-refractivity contribution is 7.91. The molecule has 2 heterocycles. The van der Waals surface area contributed by atoms with Gasteiger partial charge >= 0.3 is 0 Å². The third kappa shape index (κ3) is 6.25. The molecule has 3 aromatic rings. The first kappa shape index (κ1) is 26.5. The van der Waals surface area contributed by atoms with E-state index in [9.17, 15) is 13.2 Å². The average molecular weight is 528 g/mol. The number of rotatable bonds is 8. The van der Waals surface area contributed by atoms with E-state index in [0.29, 0.717) is 35.2 Å². The summed E-state index contributed by atoms with van der Waals surface area (Å²) in [6.45, 7) is 6.19. The largest absolute Gasteiger partial charge is 0.493 e. The normalized spacial score (nSPS) is 16.8. The summed E-state index contributed by atoms with van der Waals surface area (Å²) >= 11 is 0. The van der Waals surface area contributed by atoms with Gasteiger partial charge in [-0.25, -0.2) is 13.1 Å². The number of ether oxygens (including phenoxy) is 3. The minimum Gasteiger partial charge on any atom is -0.493 e. The van der Waals surface area contributed by atoms with Crippen molar-refractivity contribution in [2.75, 3.05) is 37.6 Å². The zero-order valence-corrected chi connectivity index (χ0v) is 22.6. The van der Waals surface area contributed by atoms with E-state index < -0.39 is 9.84 Å². The van der Waals surface area contributed by atoms with Crippen LogP contribution in [0.4, 0.5) is 5.82 Å². The van der Waals surface area contributed by atoms with E-state index in [1.165, 1.54) is 5.56 Å². The molecule has 1 fully saturated rings. The Bertz CT molecular complexity index is 1370. The van der Waals surface area contributed by atoms with E-state index >= 15 is 0 Å². The fraction of sp³-hybridized carbons (Fsp3) is 0.407. The quantitative estimate of drug-likeness (QED) is 0.467. The zero-order chi connectivity index (χ0) is 26.8. The van der Waals surface area contributed by atoms with Crippen LogP contribution in [0.25, 0.3) is 11.3 Å². The summed E-state index contributed by atoms with van der Waals surface area (Å²) < 4.78 is 42.3. The van der Waals surface area contributed by atoms with Crippen LogP contribution in [-0.4, -0.2) is 56.4 Å². The molecule has 4 rings (SSSR count). The molecule has 10 heteroatoms. The molecule has 1 aromatic heterocycles. The number of methoxy groups -OCH3 is 2. The van der Waals surface area contributed by atoms with Gasteiger partial charge in [-0.2, -0.15) is 5.10 Å². The number of hydrogen-bond donors (Lipinski definition) is 1. The van der Waals surface area contributed by atoms with Crippen molar-refractivity contribution in [2.24, 2.45) is 0 Å². The summed E-state index contributed by atoms with van der Waals surface area (Å²) in [7, 11) is -0.0545. The minimum absolute atomic E-state index is 0.0215. The number of benzene rings is 2. The molecular formula is C27H33N3O6S. The van der Waals surface area contributed by atoms with Gasteiger partial charge in [0.2, 0.25) is 0 Å². The van der Waals surface area contributed by atoms with Gasteiger partial charge in [0.1, 0.15) is 11.6 Å². The van der Waals surface area contributed by atoms with E-state index in [1.807, 2.05) is 30.3 Å². The number of aromatic nitrogens is 2. The highest BCUT2D eigenvalue weighted by Crippen LogP contribution is 2.35. The number of nitrogens with zero attached hydrogens (tertiary/aromatic N) is 2. The van der Waals surface area contributed by atoms with Gasteiger partial charge in [-0.05, 0) is 47.7 Å². The molecule has 0 unspecified atom stereocenters. The van der Waals surface area contributed by atoms with Crippen molar-refractivity contribution in [3.63, 3.8) is 0 Å². The first-order valence-corrected chi connectivity index (χ1v) is 13.9. The summed E-state index contributed by atoms with van der Waals surface area (Å²) in [6.07, 6.45) is 0.425. The molecule has 1 aliphatic heterocycles. The van der Waals surface area contributed by atoms with Gasteiger partial charge in [0, 0.05) is 11.6 Å². The van der Waals surface area contributed by atoms with Crippen molar-refractivity contribution < 1.29 is 27.4 Å². The molecular weight excluding hydrogens is 494 g/mol. The van der Waals surface area contributed by atoms with Gasteiger partial charge in [0.05, 0.1) is 37.5 Å². The molecule has 37 heavy (non-hydrogen) atoms. The maximum Gasteiger partial charge on any atom is 0.263 e. The van der Waals surface area contributed by atoms with Crippen LogP contribution in [-0.2, 0) is 20.0 Å². The third-order valence-electron chi connectivity index (χ3n) is 6.33. The fourth-order valence-corrected chi connectivity index (χ4v) is 5.94. The van der Waals surface area contributed by atoms with Crippen LogP contribution in [0.3, 0.4) is 0 Å². The molecule has 9 nitrogen and oxygen atoms in total. The van der Waals surface area contributed by atoms with Crippen molar-refractivity contribution in [1.82, 2.24) is 9.78 Å². The number of sulfone groups is 1. The SMILES string of the molecule is COc1ccc(-c2cc(NC(=O)COc3ccc(C(C)(C)C)cc3)n([C@H]3CCS(=O)(=O)C3)n2)cc1OC. The summed E-state index contributed by atoms with van der Waals surface area (Å²) in [4.78, 5) is 12.8. The predicted molar refractivity (Wildman–Crippen MR) is 142 cm³/mol. The lowest BCUT2D eigenvalue weighted by Crippen LogP contribution is -2.23. The van der Waals surface area contributed by atoms with Gasteiger partial charge in [-0.15, -0.1) is 0 Å². The van der Waals surface area contributed by atoms with Crippen LogP contribution in [0.2, 0.25) is 0 Å². The molecule has 0 spiro atoms. The molecule has 0 aliphatic carbocycles. The molecule has 1 saturated heterocycles. The smallest absolute Gasteiger partial charge is 0.263 e. The fourth-order valence-electron chi connectivity index (χ4n) is 4.25. The Morgan fingerprint density at radius 3 is 2.35 bits per heavy atom. The van der Waals surface area contributed by atoms with Crippen LogP contribution >= 0.6 is 0 Å². The number of hydrogen-bond acceptors (Lipinski definition) is 7. The third-order valence-corrected chi connectivity index (χ3v) is 8.08. The van der Waals surface area contributed by atoms with Crippen LogP contribution in [0, 0.1) is 0 Å². The van der Waals surface area contributed by atoms with Gasteiger partial charge < -0.3 is 19.5 Å². The second-order valence-corrected chi connectivity index (χ2v) is 12.3. The van der Waals surface area contributed by atoms with Crippen LogP contribution in [0.5, 0.6) is 17.2 Å². The standard InChI is InChI=1S/C27H33N3O6S/c1-27(2,3)19-7-9-21(10-8-19)36-16-26(31)28-25-15-22(18-6-11-23(34-4)24(14-18)35-5)29-30(25)20-12-13-37(32,33)17-20/h6-11,14-15,20H,12-13,16-17H2,1-5H3,(H,28,31)/t20-/m0/s1. The van der Waals surface area contributed by atoms with E-state index in [4.69, 9.17) is 14.2 Å². The molecule has 1 aliphatic rings. The lowest BCUT2D eigenvalue weighted by Gasteiger charge is -2.19. The van der Waals surface area contributed by atoms with Gasteiger partial charge in [-0.3, -0.25) is 4.79 Å². The van der Waals surface area contributed by atoms with Crippen molar-refractivity contribution >= 4 is 21.6 Å². The maximum absolute atomic E-state index is 12.8. The van der Waals surface area contributed by atoms with Crippen molar-refractivity contribution in [3.8, 4) is 28.5 Å². The Morgan fingerprint density at radius 2 is 1.76 bits per heavy atom. The summed E-state index contributed by atoms with van der Waals surface area (Å²) in [6, 6.07) is 14.4. The maximum atomic E-state index is 12.8. The Hall–Kier alpha value is -3.53. The lowest BCUT2D eigenvalue weighted by atomic mass is 9.87. The van der Waals surface area contributed by atoms with Gasteiger partial charge in [0.25, 0.3) is 5.91 Å². The molecule has 0 saturated carbocycles. The van der Waals surface area contributed by atoms with Crippen molar-refractivity contribution in [2.45, 2.75) is 38.6 Å². The second kappa shape index (κ2) is 10.5. The van der Waals surface area contributed by atoms with Gasteiger partial charge in [0.15, 0.2) is 27.9 Å². The highest BCUT2D eigenvalue weighted by atomic mass is 32.2. The molecule has 2 aromatic carbocycles. The molecule has 1 N–H and O–H groups in total. The number of nitrogens with one attached hydrogen (secondary N) is 1. The molecule has 1 amide bonds. The number of carbonyl (C=O) groups is 1. The Labute approximate surface area is 217 Å². The second-order valence-electron chi connectivity index (χ2n) is 10.1. The molecule has 198 valence electrons. The van der Waals surface area contributed by atoms with E-state index in [2.05, 4.69) is 31.2 Å². The summed E-state index contributed by atoms with van der Waals surface area (Å²) in [5, 5.41) is 7.51. The Morgan fingerprint density at radius 1 is 1.05 bits per heavy atom. The van der Waals surface area contributed by atoms with Gasteiger partial charge in [-0.1, -0.05) is 32.9 Å². The lowest BCUT2D eigenvalue weighted by molar-refractivity contribution is -0.118. The Balaban J connectivity index is 1.55. The van der Waals surface area contributed by atoms with Crippen LogP contribution in [0.1, 0.15) is 38.8 Å². The average Bonchev–Trinajstić information content (AvgIpc) is 3.44. The zero-order valence-electron chi connectivity index (χ0n) is 21.8. The van der Waals surface area contributed by atoms with E-state index in [0.717, 1.165) is 5.56 Å². The molecule has 0 bridgehead atoms. The Kier molecular flexibility index (Phi) is 7.49. The predicted octanol–water partition coefficient (Wildman–Crippen LogP) is 4.24. The summed E-state index contributed by atoms with van der Waals surface area (Å²) in [5.74, 6) is 1.79. The van der Waals surface area contributed by atoms with E-state index in [1.54, 1.807) is 37.1 Å². The monoisotopic (exact) mass is 527 g/mol.